The number of carbonyl (C=O) groups excluding carboxylic acids is 1. The number of hydrogen-bond acceptors (Lipinski definition) is 5. The van der Waals surface area contributed by atoms with Gasteiger partial charge in [0.05, 0.1) is 0 Å². The average molecular weight is 237 g/mol. The maximum Gasteiger partial charge on any atom is 0.405 e. The Morgan fingerprint density at radius 3 is 3.00 bits per heavy atom. The molecule has 0 saturated carbocycles. The first kappa shape index (κ1) is 11.1. The number of rotatable bonds is 3. The van der Waals surface area contributed by atoms with Crippen LogP contribution in [0.25, 0.3) is 11.5 Å². The van der Waals surface area contributed by atoms with Crippen molar-refractivity contribution in [3.63, 3.8) is 0 Å². The van der Waals surface area contributed by atoms with Crippen molar-refractivity contribution in [1.82, 2.24) is 10.2 Å². The van der Waals surface area contributed by atoms with E-state index in [0.29, 0.717) is 5.56 Å². The van der Waals surface area contributed by atoms with Crippen molar-refractivity contribution in [3.8, 4) is 11.5 Å². The van der Waals surface area contributed by atoms with E-state index in [1.165, 1.54) is 18.2 Å². The fourth-order valence-corrected chi connectivity index (χ4v) is 1.18. The molecule has 2 aromatic rings. The van der Waals surface area contributed by atoms with Crippen LogP contribution in [0.1, 0.15) is 5.89 Å². The molecule has 1 amide bonds. The Kier molecular flexibility index (Phi) is 2.99. The summed E-state index contributed by atoms with van der Waals surface area (Å²) in [6, 6.07) is 5.70. The molecular formula is C10H8FN3O3. The third kappa shape index (κ3) is 2.77. The van der Waals surface area contributed by atoms with E-state index in [9.17, 15) is 9.18 Å². The van der Waals surface area contributed by atoms with Crippen LogP contribution in [0.2, 0.25) is 0 Å². The molecule has 17 heavy (non-hydrogen) atoms. The summed E-state index contributed by atoms with van der Waals surface area (Å²) < 4.78 is 22.6. The van der Waals surface area contributed by atoms with Gasteiger partial charge in [0.1, 0.15) is 5.82 Å². The molecule has 0 atom stereocenters. The minimum Gasteiger partial charge on any atom is -0.440 e. The van der Waals surface area contributed by atoms with Crippen LogP contribution in [0.15, 0.2) is 28.7 Å². The normalized spacial score (nSPS) is 10.2. The molecular weight excluding hydrogens is 229 g/mol. The Bertz CT molecular complexity index is 541. The summed E-state index contributed by atoms with van der Waals surface area (Å²) in [5, 5.41) is 7.31. The zero-order chi connectivity index (χ0) is 12.3. The minimum atomic E-state index is -0.935. The molecule has 6 nitrogen and oxygen atoms in total. The Balaban J connectivity index is 2.15. The molecule has 1 heterocycles. The number of hydrogen-bond donors (Lipinski definition) is 1. The summed E-state index contributed by atoms with van der Waals surface area (Å²) >= 11 is 0. The van der Waals surface area contributed by atoms with Crippen LogP contribution >= 0.6 is 0 Å². The summed E-state index contributed by atoms with van der Waals surface area (Å²) in [5.41, 5.74) is 5.22. The Morgan fingerprint density at radius 1 is 1.47 bits per heavy atom. The minimum absolute atomic E-state index is 0.0862. The monoisotopic (exact) mass is 237 g/mol. The third-order valence-corrected chi connectivity index (χ3v) is 1.88. The van der Waals surface area contributed by atoms with E-state index in [1.807, 2.05) is 0 Å². The predicted octanol–water partition coefficient (Wildman–Crippen LogP) is 1.47. The van der Waals surface area contributed by atoms with Crippen LogP contribution in [0.4, 0.5) is 9.18 Å². The molecule has 0 fully saturated rings. The van der Waals surface area contributed by atoms with Gasteiger partial charge in [0.25, 0.3) is 5.89 Å². The average Bonchev–Trinajstić information content (AvgIpc) is 2.75. The van der Waals surface area contributed by atoms with E-state index in [-0.39, 0.29) is 18.4 Å². The molecule has 0 radical (unpaired) electrons. The first-order valence-electron chi connectivity index (χ1n) is 4.65. The number of halogens is 1. The number of ether oxygens (including phenoxy) is 1. The largest absolute Gasteiger partial charge is 0.440 e. The maximum absolute atomic E-state index is 12.9. The van der Waals surface area contributed by atoms with Gasteiger partial charge < -0.3 is 14.9 Å². The van der Waals surface area contributed by atoms with Gasteiger partial charge in [-0.3, -0.25) is 0 Å². The highest BCUT2D eigenvalue weighted by molar-refractivity contribution is 5.64. The van der Waals surface area contributed by atoms with Gasteiger partial charge in [-0.25, -0.2) is 9.18 Å². The number of aromatic nitrogens is 2. The van der Waals surface area contributed by atoms with Crippen molar-refractivity contribution in [2.75, 3.05) is 0 Å². The number of carbonyl (C=O) groups is 1. The molecule has 0 aliphatic carbocycles. The van der Waals surface area contributed by atoms with Gasteiger partial charge in [-0.1, -0.05) is 6.07 Å². The zero-order valence-corrected chi connectivity index (χ0v) is 8.59. The second-order valence-electron chi connectivity index (χ2n) is 3.12. The summed E-state index contributed by atoms with van der Waals surface area (Å²) in [5.74, 6) is -0.175. The maximum atomic E-state index is 12.9. The van der Waals surface area contributed by atoms with Crippen LogP contribution in [0.5, 0.6) is 0 Å². The lowest BCUT2D eigenvalue weighted by Gasteiger charge is -1.95. The highest BCUT2D eigenvalue weighted by Crippen LogP contribution is 2.18. The number of nitrogens with two attached hydrogens (primary N) is 1. The second-order valence-corrected chi connectivity index (χ2v) is 3.12. The molecule has 7 heteroatoms. The number of nitrogens with zero attached hydrogens (tertiary/aromatic N) is 2. The quantitative estimate of drug-likeness (QED) is 0.872. The van der Waals surface area contributed by atoms with Crippen LogP contribution < -0.4 is 5.73 Å². The van der Waals surface area contributed by atoms with Crippen molar-refractivity contribution in [2.24, 2.45) is 5.73 Å². The number of benzene rings is 1. The molecule has 0 aliphatic heterocycles. The zero-order valence-electron chi connectivity index (χ0n) is 8.59. The second kappa shape index (κ2) is 4.60. The van der Waals surface area contributed by atoms with Crippen molar-refractivity contribution in [2.45, 2.75) is 6.61 Å². The van der Waals surface area contributed by atoms with Crippen molar-refractivity contribution < 1.29 is 18.3 Å². The SMILES string of the molecule is NC(=O)OCc1nnc(-c2cccc(F)c2)o1. The predicted molar refractivity (Wildman–Crippen MR) is 54.1 cm³/mol. The van der Waals surface area contributed by atoms with E-state index in [2.05, 4.69) is 14.9 Å². The van der Waals surface area contributed by atoms with Gasteiger partial charge in [0.2, 0.25) is 5.89 Å². The van der Waals surface area contributed by atoms with Crippen LogP contribution in [0.3, 0.4) is 0 Å². The Hall–Kier alpha value is -2.44. The fourth-order valence-electron chi connectivity index (χ4n) is 1.18. The highest BCUT2D eigenvalue weighted by atomic mass is 19.1. The number of amides is 1. The van der Waals surface area contributed by atoms with Crippen molar-refractivity contribution >= 4 is 6.09 Å². The van der Waals surface area contributed by atoms with Gasteiger partial charge >= 0.3 is 6.09 Å². The smallest absolute Gasteiger partial charge is 0.405 e. The van der Waals surface area contributed by atoms with E-state index in [4.69, 9.17) is 10.2 Å². The molecule has 1 aromatic carbocycles. The first-order valence-corrected chi connectivity index (χ1v) is 4.65. The van der Waals surface area contributed by atoms with E-state index in [1.54, 1.807) is 6.07 Å². The van der Waals surface area contributed by atoms with Gasteiger partial charge in [-0.05, 0) is 18.2 Å². The fraction of sp³-hybridized carbons (Fsp3) is 0.100. The van der Waals surface area contributed by atoms with Gasteiger partial charge in [-0.2, -0.15) is 0 Å². The molecule has 0 unspecified atom stereocenters. The summed E-state index contributed by atoms with van der Waals surface area (Å²) in [6.45, 7) is -0.211. The summed E-state index contributed by atoms with van der Waals surface area (Å²) in [7, 11) is 0. The van der Waals surface area contributed by atoms with E-state index < -0.39 is 11.9 Å². The molecule has 0 saturated heterocycles. The van der Waals surface area contributed by atoms with Crippen LogP contribution in [0, 0.1) is 5.82 Å². The standard InChI is InChI=1S/C10H8FN3O3/c11-7-3-1-2-6(4-7)9-14-13-8(17-9)5-16-10(12)15/h1-4H,5H2,(H2,12,15). The topological polar surface area (TPSA) is 91.2 Å². The first-order chi connectivity index (χ1) is 8.15. The van der Waals surface area contributed by atoms with Crippen LogP contribution in [-0.2, 0) is 11.3 Å². The highest BCUT2D eigenvalue weighted by Gasteiger charge is 2.10. The lowest BCUT2D eigenvalue weighted by Crippen LogP contribution is -2.12. The molecule has 2 rings (SSSR count). The van der Waals surface area contributed by atoms with Gasteiger partial charge in [-0.15, -0.1) is 10.2 Å². The lowest BCUT2D eigenvalue weighted by molar-refractivity contribution is 0.139. The molecule has 2 N–H and O–H groups in total. The third-order valence-electron chi connectivity index (χ3n) is 1.88. The summed E-state index contributed by atoms with van der Waals surface area (Å²) in [4.78, 5) is 10.4. The van der Waals surface area contributed by atoms with Gasteiger partial charge in [0, 0.05) is 5.56 Å². The molecule has 0 aliphatic rings. The molecule has 0 spiro atoms. The number of primary amides is 1. The van der Waals surface area contributed by atoms with Crippen molar-refractivity contribution in [3.05, 3.63) is 36.0 Å². The van der Waals surface area contributed by atoms with E-state index in [0.717, 1.165) is 0 Å². The molecule has 88 valence electrons. The van der Waals surface area contributed by atoms with Gasteiger partial charge in [0.15, 0.2) is 6.61 Å². The van der Waals surface area contributed by atoms with Crippen LogP contribution in [-0.4, -0.2) is 16.3 Å². The Morgan fingerprint density at radius 2 is 2.29 bits per heavy atom. The summed E-state index contributed by atoms with van der Waals surface area (Å²) in [6.07, 6.45) is -0.935. The van der Waals surface area contributed by atoms with Crippen molar-refractivity contribution in [1.29, 1.82) is 0 Å². The molecule has 0 bridgehead atoms. The lowest BCUT2D eigenvalue weighted by atomic mass is 10.2. The van der Waals surface area contributed by atoms with E-state index >= 15 is 0 Å². The molecule has 1 aromatic heterocycles. The Labute approximate surface area is 95.2 Å².